The summed E-state index contributed by atoms with van der Waals surface area (Å²) in [4.78, 5) is -0.398. The maximum Gasteiger partial charge on any atom is 0.128 e. The molecule has 36 valence electrons. The molecule has 0 saturated carbocycles. The van der Waals surface area contributed by atoms with Crippen LogP contribution in [0.1, 0.15) is 6.92 Å². The highest BCUT2D eigenvalue weighted by molar-refractivity contribution is 6.46. The van der Waals surface area contributed by atoms with Gasteiger partial charge in [0.2, 0.25) is 0 Å². The molecule has 0 aliphatic carbocycles. The summed E-state index contributed by atoms with van der Waals surface area (Å²) in [6.45, 7) is 5.27. The number of hydrogen-bond donors (Lipinski definition) is 0. The summed E-state index contributed by atoms with van der Waals surface area (Å²) in [7, 11) is 0. The lowest BCUT2D eigenvalue weighted by atomic mass is 10.4. The van der Waals surface area contributed by atoms with Crippen LogP contribution in [0.4, 0.5) is 0 Å². The average molecular weight is 125 g/mol. The Balaban J connectivity index is 3.26. The second-order valence-corrected chi connectivity index (χ2v) is 2.24. The zero-order chi connectivity index (χ0) is 5.15. The Morgan fingerprint density at radius 1 is 1.67 bits per heavy atom. The molecule has 0 saturated heterocycles. The third-order valence-electron chi connectivity index (χ3n) is 0.373. The van der Waals surface area contributed by atoms with Crippen LogP contribution in [0, 0.1) is 0 Å². The number of halogens is 2. The molecule has 0 aromatic carbocycles. The highest BCUT2D eigenvalue weighted by Crippen LogP contribution is 2.09. The van der Waals surface area contributed by atoms with Crippen molar-refractivity contribution < 1.29 is 0 Å². The van der Waals surface area contributed by atoms with E-state index in [9.17, 15) is 0 Å². The van der Waals surface area contributed by atoms with E-state index in [1.54, 1.807) is 6.92 Å². The highest BCUT2D eigenvalue weighted by atomic mass is 35.5. The Morgan fingerprint density at radius 3 is 1.83 bits per heavy atom. The van der Waals surface area contributed by atoms with Crippen molar-refractivity contribution in [2.45, 2.75) is 11.8 Å². The summed E-state index contributed by atoms with van der Waals surface area (Å²) in [5, 5.41) is 0. The van der Waals surface area contributed by atoms with E-state index in [2.05, 4.69) is 6.58 Å². The van der Waals surface area contributed by atoms with E-state index in [1.165, 1.54) is 0 Å². The normalized spacial score (nSPS) is 9.33. The first-order valence-electron chi connectivity index (χ1n) is 1.58. The lowest BCUT2D eigenvalue weighted by Crippen LogP contribution is -1.82. The molecule has 0 fully saturated rings. The molecule has 0 spiro atoms. The summed E-state index contributed by atoms with van der Waals surface area (Å²) in [5.74, 6) is 0. The third kappa shape index (κ3) is 2.55. The van der Waals surface area contributed by atoms with Gasteiger partial charge in [-0.05, 0) is 12.5 Å². The SMILES string of the molecule is C=C(C)C(Cl)Cl. The smallest absolute Gasteiger partial charge is 0.100 e. The second-order valence-electron chi connectivity index (χ2n) is 1.15. The highest BCUT2D eigenvalue weighted by Gasteiger charge is 1.93. The summed E-state index contributed by atoms with van der Waals surface area (Å²) < 4.78 is 0. The molecule has 0 unspecified atom stereocenters. The quantitative estimate of drug-likeness (QED) is 0.372. The van der Waals surface area contributed by atoms with Gasteiger partial charge in [-0.3, -0.25) is 0 Å². The maximum absolute atomic E-state index is 5.28. The first-order valence-corrected chi connectivity index (χ1v) is 2.45. The standard InChI is InChI=1S/C4H6Cl2/c1-3(2)4(5)6/h4H,1H2,2H3. The van der Waals surface area contributed by atoms with Gasteiger partial charge in [0, 0.05) is 0 Å². The summed E-state index contributed by atoms with van der Waals surface area (Å²) in [5.41, 5.74) is 0.790. The van der Waals surface area contributed by atoms with Gasteiger partial charge >= 0.3 is 0 Å². The topological polar surface area (TPSA) is 0 Å². The lowest BCUT2D eigenvalue weighted by Gasteiger charge is -1.92. The molecule has 6 heavy (non-hydrogen) atoms. The van der Waals surface area contributed by atoms with Crippen LogP contribution >= 0.6 is 23.2 Å². The number of alkyl halides is 2. The Bertz CT molecular complexity index is 56.6. The minimum absolute atomic E-state index is 0.398. The molecule has 0 aromatic heterocycles. The van der Waals surface area contributed by atoms with Crippen molar-refractivity contribution in [3.63, 3.8) is 0 Å². The van der Waals surface area contributed by atoms with Gasteiger partial charge in [0.1, 0.15) is 4.84 Å². The molecule has 0 atom stereocenters. The van der Waals surface area contributed by atoms with Crippen LogP contribution in [-0.2, 0) is 0 Å². The molecule has 0 nitrogen and oxygen atoms in total. The molecule has 0 heterocycles. The van der Waals surface area contributed by atoms with Crippen molar-refractivity contribution in [3.05, 3.63) is 12.2 Å². The van der Waals surface area contributed by atoms with Crippen molar-refractivity contribution >= 4 is 23.2 Å². The van der Waals surface area contributed by atoms with Gasteiger partial charge in [0.25, 0.3) is 0 Å². The van der Waals surface area contributed by atoms with Crippen LogP contribution in [0.2, 0.25) is 0 Å². The Morgan fingerprint density at radius 2 is 1.83 bits per heavy atom. The number of rotatable bonds is 1. The van der Waals surface area contributed by atoms with Crippen LogP contribution in [0.5, 0.6) is 0 Å². The van der Waals surface area contributed by atoms with Crippen molar-refractivity contribution in [1.82, 2.24) is 0 Å². The van der Waals surface area contributed by atoms with Gasteiger partial charge in [0.05, 0.1) is 0 Å². The fourth-order valence-corrected chi connectivity index (χ4v) is 0. The van der Waals surface area contributed by atoms with Crippen LogP contribution < -0.4 is 0 Å². The summed E-state index contributed by atoms with van der Waals surface area (Å²) in [6, 6.07) is 0. The van der Waals surface area contributed by atoms with Crippen LogP contribution in [0.25, 0.3) is 0 Å². The largest absolute Gasteiger partial charge is 0.128 e. The van der Waals surface area contributed by atoms with Gasteiger partial charge in [-0.25, -0.2) is 0 Å². The minimum atomic E-state index is -0.398. The third-order valence-corrected chi connectivity index (χ3v) is 1.12. The molecule has 0 aliphatic rings. The van der Waals surface area contributed by atoms with E-state index < -0.39 is 4.84 Å². The van der Waals surface area contributed by atoms with Gasteiger partial charge < -0.3 is 0 Å². The molecule has 0 rings (SSSR count). The number of hydrogen-bond acceptors (Lipinski definition) is 0. The van der Waals surface area contributed by atoms with Crippen LogP contribution in [0.3, 0.4) is 0 Å². The fraction of sp³-hybridized carbons (Fsp3) is 0.500. The van der Waals surface area contributed by atoms with Crippen molar-refractivity contribution in [1.29, 1.82) is 0 Å². The first-order chi connectivity index (χ1) is 2.64. The molecule has 0 radical (unpaired) electrons. The van der Waals surface area contributed by atoms with Crippen molar-refractivity contribution in [2.75, 3.05) is 0 Å². The zero-order valence-corrected chi connectivity index (χ0v) is 5.05. The molecule has 0 N–H and O–H groups in total. The Hall–Kier alpha value is 0.320. The lowest BCUT2D eigenvalue weighted by molar-refractivity contribution is 1.35. The molecule has 2 heteroatoms. The van der Waals surface area contributed by atoms with E-state index in [-0.39, 0.29) is 0 Å². The second kappa shape index (κ2) is 2.49. The van der Waals surface area contributed by atoms with E-state index >= 15 is 0 Å². The summed E-state index contributed by atoms with van der Waals surface area (Å²) >= 11 is 10.6. The van der Waals surface area contributed by atoms with E-state index in [0.29, 0.717) is 0 Å². The average Bonchev–Trinajstić information content (AvgIpc) is 1.36. The van der Waals surface area contributed by atoms with Crippen molar-refractivity contribution in [3.8, 4) is 0 Å². The first kappa shape index (κ1) is 6.32. The zero-order valence-electron chi connectivity index (χ0n) is 3.54. The van der Waals surface area contributed by atoms with Gasteiger partial charge in [-0.15, -0.1) is 23.2 Å². The van der Waals surface area contributed by atoms with Gasteiger partial charge in [-0.1, -0.05) is 6.58 Å². The molecule has 0 amide bonds. The Labute approximate surface area is 47.8 Å². The van der Waals surface area contributed by atoms with E-state index in [4.69, 9.17) is 23.2 Å². The predicted octanol–water partition coefficient (Wildman–Crippen LogP) is 2.37. The minimum Gasteiger partial charge on any atom is -0.100 e. The van der Waals surface area contributed by atoms with Gasteiger partial charge in [0.15, 0.2) is 0 Å². The monoisotopic (exact) mass is 124 g/mol. The molecular formula is C4H6Cl2. The molecule has 0 aliphatic heterocycles. The van der Waals surface area contributed by atoms with Crippen LogP contribution in [0.15, 0.2) is 12.2 Å². The van der Waals surface area contributed by atoms with Gasteiger partial charge in [-0.2, -0.15) is 0 Å². The Kier molecular flexibility index (Phi) is 2.62. The maximum atomic E-state index is 5.28. The summed E-state index contributed by atoms with van der Waals surface area (Å²) in [6.07, 6.45) is 0. The number of allylic oxidation sites excluding steroid dienone is 1. The van der Waals surface area contributed by atoms with Crippen molar-refractivity contribution in [2.24, 2.45) is 0 Å². The predicted molar refractivity (Wildman–Crippen MR) is 30.3 cm³/mol. The fourth-order valence-electron chi connectivity index (χ4n) is 0. The molecule has 0 aromatic rings. The molecular weight excluding hydrogens is 119 g/mol. The van der Waals surface area contributed by atoms with E-state index in [0.717, 1.165) is 5.57 Å². The van der Waals surface area contributed by atoms with E-state index in [1.807, 2.05) is 0 Å². The molecule has 0 bridgehead atoms. The van der Waals surface area contributed by atoms with Crippen LogP contribution in [-0.4, -0.2) is 4.84 Å².